The third-order valence-electron chi connectivity index (χ3n) is 4.90. The molecule has 0 bridgehead atoms. The Morgan fingerprint density at radius 1 is 1.30 bits per heavy atom. The highest BCUT2D eigenvalue weighted by Crippen LogP contribution is 2.38. The van der Waals surface area contributed by atoms with E-state index < -0.39 is 5.92 Å². The first-order valence-corrected chi connectivity index (χ1v) is 8.92. The van der Waals surface area contributed by atoms with E-state index in [1.54, 1.807) is 19.4 Å². The maximum absolute atomic E-state index is 13.3. The number of pyridine rings is 1. The summed E-state index contributed by atoms with van der Waals surface area (Å²) in [6, 6.07) is 7.71. The van der Waals surface area contributed by atoms with Gasteiger partial charge < -0.3 is 16.1 Å². The minimum absolute atomic E-state index is 0.0344. The average Bonchev–Trinajstić information content (AvgIpc) is 2.60. The smallest absolute Gasteiger partial charge is 0.248 e. The van der Waals surface area contributed by atoms with Crippen LogP contribution < -0.4 is 16.9 Å². The molecule has 7 heteroatoms. The van der Waals surface area contributed by atoms with Gasteiger partial charge >= 0.3 is 0 Å². The highest BCUT2D eigenvalue weighted by Gasteiger charge is 2.35. The zero-order chi connectivity index (χ0) is 19.6. The van der Waals surface area contributed by atoms with Gasteiger partial charge in [-0.25, -0.2) is 19.6 Å². The van der Waals surface area contributed by atoms with E-state index in [9.17, 15) is 8.78 Å². The van der Waals surface area contributed by atoms with E-state index in [1.807, 2.05) is 24.3 Å². The molecule has 5 nitrogen and oxygen atoms in total. The lowest BCUT2D eigenvalue weighted by molar-refractivity contribution is -0.0419. The number of nitrogens with zero attached hydrogens (tertiary/aromatic N) is 2. The summed E-state index contributed by atoms with van der Waals surface area (Å²) in [5.41, 5.74) is 8.20. The van der Waals surface area contributed by atoms with E-state index in [4.69, 9.17) is 11.6 Å². The Labute approximate surface area is 157 Å². The van der Waals surface area contributed by atoms with Gasteiger partial charge in [-0.15, -0.1) is 0 Å². The molecule has 0 amide bonds. The number of allylic oxidation sites excluding steroid dienone is 1. The second-order valence-electron chi connectivity index (χ2n) is 7.16. The second-order valence-corrected chi connectivity index (χ2v) is 7.16. The Hall–Kier alpha value is -2.67. The molecule has 27 heavy (non-hydrogen) atoms. The van der Waals surface area contributed by atoms with E-state index in [0.717, 1.165) is 22.0 Å². The van der Waals surface area contributed by atoms with Crippen LogP contribution in [-0.4, -0.2) is 23.0 Å². The highest BCUT2D eigenvalue weighted by molar-refractivity contribution is 5.87. The molecule has 1 heterocycles. The molecule has 0 radical (unpaired) electrons. The third kappa shape index (κ3) is 4.74. The van der Waals surface area contributed by atoms with Gasteiger partial charge in [-0.2, -0.15) is 0 Å². The van der Waals surface area contributed by atoms with Crippen molar-refractivity contribution >= 4 is 22.3 Å². The molecule has 1 aromatic carbocycles. The molecule has 1 aromatic heterocycles. The number of fused-ring (bicyclic) bond motifs is 1. The number of hydrogen-bond donors (Lipinski definition) is 3. The number of hydrazine groups is 1. The van der Waals surface area contributed by atoms with E-state index in [-0.39, 0.29) is 18.8 Å². The van der Waals surface area contributed by atoms with Gasteiger partial charge in [-0.3, -0.25) is 0 Å². The van der Waals surface area contributed by atoms with Gasteiger partial charge in [0.2, 0.25) is 5.92 Å². The number of aromatic nitrogens is 1. The van der Waals surface area contributed by atoms with Crippen molar-refractivity contribution in [3.63, 3.8) is 0 Å². The fourth-order valence-electron chi connectivity index (χ4n) is 3.34. The predicted molar refractivity (Wildman–Crippen MR) is 106 cm³/mol. The SMILES string of the molecule is C=C(Nc1cc2cc(/C(N)=C/N(C)N)ccc2cn1)C1CCC(F)(F)CC1. The molecule has 0 atom stereocenters. The normalized spacial score (nSPS) is 17.7. The number of anilines is 1. The quantitative estimate of drug-likeness (QED) is 0.544. The number of halogens is 2. The maximum atomic E-state index is 13.3. The lowest BCUT2D eigenvalue weighted by Crippen LogP contribution is -2.26. The van der Waals surface area contributed by atoms with Crippen LogP contribution in [0.15, 0.2) is 48.9 Å². The molecule has 1 saturated carbocycles. The molecule has 1 fully saturated rings. The van der Waals surface area contributed by atoms with E-state index >= 15 is 0 Å². The largest absolute Gasteiger partial charge is 0.397 e. The van der Waals surface area contributed by atoms with Crippen molar-refractivity contribution in [2.45, 2.75) is 31.6 Å². The Morgan fingerprint density at radius 2 is 2.00 bits per heavy atom. The molecule has 144 valence electrons. The molecule has 0 saturated heterocycles. The van der Waals surface area contributed by atoms with Crippen LogP contribution in [0.25, 0.3) is 16.5 Å². The minimum Gasteiger partial charge on any atom is -0.397 e. The summed E-state index contributed by atoms with van der Waals surface area (Å²) < 4.78 is 26.7. The van der Waals surface area contributed by atoms with Crippen molar-refractivity contribution < 1.29 is 8.78 Å². The first-order chi connectivity index (χ1) is 12.7. The number of nitrogens with one attached hydrogen (secondary N) is 1. The Morgan fingerprint density at radius 3 is 2.67 bits per heavy atom. The summed E-state index contributed by atoms with van der Waals surface area (Å²) in [7, 11) is 1.70. The Bertz CT molecular complexity index is 866. The number of alkyl halides is 2. The van der Waals surface area contributed by atoms with Crippen molar-refractivity contribution in [1.82, 2.24) is 9.99 Å². The number of rotatable bonds is 5. The van der Waals surface area contributed by atoms with Crippen molar-refractivity contribution in [3.8, 4) is 0 Å². The number of hydrogen-bond acceptors (Lipinski definition) is 5. The summed E-state index contributed by atoms with van der Waals surface area (Å²) in [4.78, 5) is 4.40. The van der Waals surface area contributed by atoms with Crippen LogP contribution in [-0.2, 0) is 0 Å². The minimum atomic E-state index is -2.54. The van der Waals surface area contributed by atoms with Crippen LogP contribution in [0, 0.1) is 5.92 Å². The fraction of sp³-hybridized carbons (Fsp3) is 0.350. The molecule has 3 rings (SSSR count). The van der Waals surface area contributed by atoms with E-state index in [1.165, 1.54) is 5.01 Å². The topological polar surface area (TPSA) is 80.2 Å². The summed E-state index contributed by atoms with van der Waals surface area (Å²) in [5, 5.41) is 6.52. The molecule has 2 aromatic rings. The van der Waals surface area contributed by atoms with Crippen LogP contribution in [0.2, 0.25) is 0 Å². The summed E-state index contributed by atoms with van der Waals surface area (Å²) >= 11 is 0. The molecule has 1 aliphatic carbocycles. The van der Waals surface area contributed by atoms with Gasteiger partial charge in [0.15, 0.2) is 0 Å². The highest BCUT2D eigenvalue weighted by atomic mass is 19.3. The standard InChI is InChI=1S/C20H25F2N5/c1-13(14-5-7-20(21,22)8-6-14)26-19-10-17-9-15(18(23)12-27(2)24)3-4-16(17)11-25-19/h3-4,9-12,14H,1,5-8,23-24H2,2H3,(H,25,26)/b18-12-. The van der Waals surface area contributed by atoms with Crippen LogP contribution in [0.5, 0.6) is 0 Å². The van der Waals surface area contributed by atoms with E-state index in [0.29, 0.717) is 24.4 Å². The fourth-order valence-corrected chi connectivity index (χ4v) is 3.34. The van der Waals surface area contributed by atoms with Crippen molar-refractivity contribution in [2.75, 3.05) is 12.4 Å². The summed E-state index contributed by atoms with van der Waals surface area (Å²) in [5.74, 6) is 3.74. The average molecular weight is 373 g/mol. The number of benzene rings is 1. The van der Waals surface area contributed by atoms with Gasteiger partial charge in [0.1, 0.15) is 5.82 Å². The van der Waals surface area contributed by atoms with Crippen LogP contribution >= 0.6 is 0 Å². The summed E-state index contributed by atoms with van der Waals surface area (Å²) in [6.07, 6.45) is 4.10. The van der Waals surface area contributed by atoms with Crippen LogP contribution in [0.4, 0.5) is 14.6 Å². The first-order valence-electron chi connectivity index (χ1n) is 8.92. The lowest BCUT2D eigenvalue weighted by atomic mass is 9.85. The lowest BCUT2D eigenvalue weighted by Gasteiger charge is -2.29. The van der Waals surface area contributed by atoms with Gasteiger partial charge in [-0.05, 0) is 41.8 Å². The molecular formula is C20H25F2N5. The predicted octanol–water partition coefficient (Wildman–Crippen LogP) is 4.05. The van der Waals surface area contributed by atoms with Crippen LogP contribution in [0.1, 0.15) is 31.2 Å². The van der Waals surface area contributed by atoms with Crippen molar-refractivity contribution in [3.05, 3.63) is 54.5 Å². The Kier molecular flexibility index (Phi) is 5.32. The number of nitrogens with two attached hydrogens (primary N) is 2. The van der Waals surface area contributed by atoms with Gasteiger partial charge in [0, 0.05) is 43.4 Å². The molecule has 0 unspecified atom stereocenters. The van der Waals surface area contributed by atoms with Gasteiger partial charge in [0.05, 0.1) is 5.70 Å². The van der Waals surface area contributed by atoms with Crippen molar-refractivity contribution in [2.24, 2.45) is 17.5 Å². The second kappa shape index (κ2) is 7.52. The van der Waals surface area contributed by atoms with E-state index in [2.05, 4.69) is 16.9 Å². The zero-order valence-corrected chi connectivity index (χ0v) is 15.4. The van der Waals surface area contributed by atoms with Crippen molar-refractivity contribution in [1.29, 1.82) is 0 Å². The molecule has 0 spiro atoms. The maximum Gasteiger partial charge on any atom is 0.248 e. The molecule has 1 aliphatic rings. The Balaban J connectivity index is 1.76. The molecule has 0 aliphatic heterocycles. The van der Waals surface area contributed by atoms with Gasteiger partial charge in [-0.1, -0.05) is 18.7 Å². The zero-order valence-electron chi connectivity index (χ0n) is 15.4. The monoisotopic (exact) mass is 373 g/mol. The molecule has 5 N–H and O–H groups in total. The van der Waals surface area contributed by atoms with Gasteiger partial charge in [0.25, 0.3) is 0 Å². The van der Waals surface area contributed by atoms with Crippen LogP contribution in [0.3, 0.4) is 0 Å². The molecular weight excluding hydrogens is 348 g/mol. The third-order valence-corrected chi connectivity index (χ3v) is 4.90. The summed E-state index contributed by atoms with van der Waals surface area (Å²) in [6.45, 7) is 4.04. The first kappa shape index (κ1) is 19.1.